The number of ether oxygens (including phenoxy) is 2. The van der Waals surface area contributed by atoms with E-state index >= 15 is 0 Å². The van der Waals surface area contributed by atoms with Gasteiger partial charge in [0.15, 0.2) is 0 Å². The van der Waals surface area contributed by atoms with Crippen LogP contribution in [0, 0.1) is 0 Å². The summed E-state index contributed by atoms with van der Waals surface area (Å²) in [6.45, 7) is 2.48. The summed E-state index contributed by atoms with van der Waals surface area (Å²) < 4.78 is 10.4. The Morgan fingerprint density at radius 2 is 2.09 bits per heavy atom. The van der Waals surface area contributed by atoms with Gasteiger partial charge in [-0.1, -0.05) is 12.1 Å². The van der Waals surface area contributed by atoms with Crippen LogP contribution in [0.5, 0.6) is 17.2 Å². The molecule has 0 aliphatic heterocycles. The molecule has 120 valence electrons. The Morgan fingerprint density at radius 3 is 2.78 bits per heavy atom. The molecule has 2 N–H and O–H groups in total. The van der Waals surface area contributed by atoms with Gasteiger partial charge in [0.05, 0.1) is 25.5 Å². The van der Waals surface area contributed by atoms with Gasteiger partial charge in [-0.25, -0.2) is 5.43 Å². The summed E-state index contributed by atoms with van der Waals surface area (Å²) in [4.78, 5) is 12.0. The molecule has 6 heteroatoms. The molecule has 0 saturated heterocycles. The minimum atomic E-state index is -0.512. The number of benzene rings is 2. The number of methoxy groups -OCH3 is 1. The third kappa shape index (κ3) is 4.47. The lowest BCUT2D eigenvalue weighted by molar-refractivity contribution is 0.0952. The quantitative estimate of drug-likeness (QED) is 0.634. The molecule has 0 aliphatic rings. The standard InChI is InChI=1S/C17H18N2O4/c1-3-23-14-6-4-5-12(9-14)11-18-19-17(21)15-8-7-13(22-2)10-16(15)20/h4-11,20H,3H2,1-2H3,(H,19,21)/b18-11-. The molecule has 0 unspecified atom stereocenters. The zero-order valence-electron chi connectivity index (χ0n) is 12.9. The molecule has 0 radical (unpaired) electrons. The molecule has 2 rings (SSSR count). The van der Waals surface area contributed by atoms with E-state index in [1.165, 1.54) is 25.5 Å². The Balaban J connectivity index is 2.02. The maximum absolute atomic E-state index is 12.0. The highest BCUT2D eigenvalue weighted by molar-refractivity contribution is 5.97. The number of hydrogen-bond acceptors (Lipinski definition) is 5. The van der Waals surface area contributed by atoms with Crippen LogP contribution in [-0.4, -0.2) is 30.9 Å². The van der Waals surface area contributed by atoms with E-state index in [2.05, 4.69) is 10.5 Å². The van der Waals surface area contributed by atoms with E-state index in [1.807, 2.05) is 31.2 Å². The summed E-state index contributed by atoms with van der Waals surface area (Å²) in [6, 6.07) is 11.7. The van der Waals surface area contributed by atoms with E-state index < -0.39 is 5.91 Å². The van der Waals surface area contributed by atoms with Crippen LogP contribution in [0.4, 0.5) is 0 Å². The summed E-state index contributed by atoms with van der Waals surface area (Å²) in [5, 5.41) is 13.7. The van der Waals surface area contributed by atoms with Crippen molar-refractivity contribution >= 4 is 12.1 Å². The fourth-order valence-corrected chi connectivity index (χ4v) is 1.91. The Labute approximate surface area is 134 Å². The lowest BCUT2D eigenvalue weighted by Gasteiger charge is -2.05. The lowest BCUT2D eigenvalue weighted by Crippen LogP contribution is -2.17. The first-order valence-corrected chi connectivity index (χ1v) is 7.07. The summed E-state index contributed by atoms with van der Waals surface area (Å²) >= 11 is 0. The first-order valence-electron chi connectivity index (χ1n) is 7.07. The minimum absolute atomic E-state index is 0.117. The molecule has 1 amide bonds. The van der Waals surface area contributed by atoms with Crippen molar-refractivity contribution in [2.24, 2.45) is 5.10 Å². The van der Waals surface area contributed by atoms with Crippen molar-refractivity contribution in [1.82, 2.24) is 5.43 Å². The van der Waals surface area contributed by atoms with E-state index in [9.17, 15) is 9.90 Å². The SMILES string of the molecule is CCOc1cccc(/C=N\NC(=O)c2ccc(OC)cc2O)c1. The number of carbonyl (C=O) groups is 1. The van der Waals surface area contributed by atoms with Crippen LogP contribution in [0.2, 0.25) is 0 Å². The van der Waals surface area contributed by atoms with Gasteiger partial charge in [0.1, 0.15) is 17.2 Å². The Bertz CT molecular complexity index is 713. The first-order chi connectivity index (χ1) is 11.1. The smallest absolute Gasteiger partial charge is 0.275 e. The van der Waals surface area contributed by atoms with Crippen LogP contribution in [-0.2, 0) is 0 Å². The van der Waals surface area contributed by atoms with Crippen molar-refractivity contribution in [3.8, 4) is 17.2 Å². The summed E-state index contributed by atoms with van der Waals surface area (Å²) in [6.07, 6.45) is 1.50. The van der Waals surface area contributed by atoms with E-state index in [4.69, 9.17) is 9.47 Å². The van der Waals surface area contributed by atoms with Gasteiger partial charge in [0.25, 0.3) is 5.91 Å². The molecule has 2 aromatic carbocycles. The van der Waals surface area contributed by atoms with Crippen LogP contribution in [0.15, 0.2) is 47.6 Å². The molecule has 2 aromatic rings. The number of hydrogen-bond donors (Lipinski definition) is 2. The highest BCUT2D eigenvalue weighted by Gasteiger charge is 2.11. The van der Waals surface area contributed by atoms with Gasteiger partial charge < -0.3 is 14.6 Å². The van der Waals surface area contributed by atoms with Gasteiger partial charge in [-0.15, -0.1) is 0 Å². The van der Waals surface area contributed by atoms with Crippen molar-refractivity contribution in [1.29, 1.82) is 0 Å². The predicted octanol–water partition coefficient (Wildman–Crippen LogP) is 2.56. The third-order valence-corrected chi connectivity index (χ3v) is 3.00. The predicted molar refractivity (Wildman–Crippen MR) is 87.3 cm³/mol. The number of phenolic OH excluding ortho intramolecular Hbond substituents is 1. The van der Waals surface area contributed by atoms with Gasteiger partial charge in [0.2, 0.25) is 0 Å². The number of hydrazone groups is 1. The molecule has 6 nitrogen and oxygen atoms in total. The van der Waals surface area contributed by atoms with Gasteiger partial charge in [-0.3, -0.25) is 4.79 Å². The van der Waals surface area contributed by atoms with Crippen LogP contribution >= 0.6 is 0 Å². The largest absolute Gasteiger partial charge is 0.507 e. The maximum atomic E-state index is 12.0. The van der Waals surface area contributed by atoms with Crippen molar-refractivity contribution in [2.75, 3.05) is 13.7 Å². The normalized spacial score (nSPS) is 10.5. The van der Waals surface area contributed by atoms with Gasteiger partial charge in [-0.05, 0) is 36.8 Å². The molecule has 0 bridgehead atoms. The summed E-state index contributed by atoms with van der Waals surface area (Å²) in [5.74, 6) is 0.517. The maximum Gasteiger partial charge on any atom is 0.275 e. The fraction of sp³-hybridized carbons (Fsp3) is 0.176. The van der Waals surface area contributed by atoms with E-state index in [1.54, 1.807) is 6.07 Å². The molecule has 0 spiro atoms. The molecule has 23 heavy (non-hydrogen) atoms. The number of carbonyl (C=O) groups excluding carboxylic acids is 1. The Morgan fingerprint density at radius 1 is 1.26 bits per heavy atom. The Hall–Kier alpha value is -3.02. The number of nitrogens with one attached hydrogen (secondary N) is 1. The lowest BCUT2D eigenvalue weighted by atomic mass is 10.2. The average Bonchev–Trinajstić information content (AvgIpc) is 2.55. The fourth-order valence-electron chi connectivity index (χ4n) is 1.91. The summed E-state index contributed by atoms with van der Waals surface area (Å²) in [5.41, 5.74) is 3.27. The van der Waals surface area contributed by atoms with Crippen molar-refractivity contribution in [2.45, 2.75) is 6.92 Å². The molecule has 0 fully saturated rings. The van der Waals surface area contributed by atoms with E-state index in [0.717, 1.165) is 11.3 Å². The molecular formula is C17H18N2O4. The topological polar surface area (TPSA) is 80.2 Å². The summed E-state index contributed by atoms with van der Waals surface area (Å²) in [7, 11) is 1.48. The number of phenols is 1. The van der Waals surface area contributed by atoms with Crippen LogP contribution in [0.25, 0.3) is 0 Å². The van der Waals surface area contributed by atoms with Crippen molar-refractivity contribution < 1.29 is 19.4 Å². The van der Waals surface area contributed by atoms with Crippen molar-refractivity contribution in [3.63, 3.8) is 0 Å². The van der Waals surface area contributed by atoms with Crippen molar-refractivity contribution in [3.05, 3.63) is 53.6 Å². The van der Waals surface area contributed by atoms with Gasteiger partial charge in [0, 0.05) is 6.07 Å². The number of rotatable bonds is 6. The molecule has 0 saturated carbocycles. The monoisotopic (exact) mass is 314 g/mol. The zero-order chi connectivity index (χ0) is 16.7. The second kappa shape index (κ2) is 7.84. The van der Waals surface area contributed by atoms with Crippen LogP contribution in [0.1, 0.15) is 22.8 Å². The van der Waals surface area contributed by atoms with Crippen LogP contribution < -0.4 is 14.9 Å². The highest BCUT2D eigenvalue weighted by atomic mass is 16.5. The van der Waals surface area contributed by atoms with Gasteiger partial charge >= 0.3 is 0 Å². The first kappa shape index (κ1) is 16.4. The second-order valence-corrected chi connectivity index (χ2v) is 4.59. The van der Waals surface area contributed by atoms with E-state index in [-0.39, 0.29) is 11.3 Å². The molecule has 0 heterocycles. The zero-order valence-corrected chi connectivity index (χ0v) is 12.9. The number of amides is 1. The molecular weight excluding hydrogens is 296 g/mol. The minimum Gasteiger partial charge on any atom is -0.507 e. The number of aromatic hydroxyl groups is 1. The third-order valence-electron chi connectivity index (χ3n) is 3.00. The molecule has 0 aliphatic carbocycles. The van der Waals surface area contributed by atoms with Gasteiger partial charge in [-0.2, -0.15) is 5.10 Å². The highest BCUT2D eigenvalue weighted by Crippen LogP contribution is 2.23. The Kier molecular flexibility index (Phi) is 5.57. The van der Waals surface area contributed by atoms with E-state index in [0.29, 0.717) is 12.4 Å². The molecule has 0 atom stereocenters. The average molecular weight is 314 g/mol. The molecule has 0 aromatic heterocycles. The second-order valence-electron chi connectivity index (χ2n) is 4.59. The van der Waals surface area contributed by atoms with Crippen LogP contribution in [0.3, 0.4) is 0 Å². The number of nitrogens with zero attached hydrogens (tertiary/aromatic N) is 1.